The minimum absolute atomic E-state index is 0.108. The van der Waals surface area contributed by atoms with Gasteiger partial charge in [0.1, 0.15) is 6.10 Å². The van der Waals surface area contributed by atoms with Gasteiger partial charge >= 0.3 is 12.3 Å². The predicted octanol–water partition coefficient (Wildman–Crippen LogP) is 4.67. The van der Waals surface area contributed by atoms with E-state index in [0.29, 0.717) is 30.8 Å². The number of piperazine rings is 1. The van der Waals surface area contributed by atoms with Crippen LogP contribution in [0.3, 0.4) is 0 Å². The summed E-state index contributed by atoms with van der Waals surface area (Å²) in [6.45, 7) is 7.86. The van der Waals surface area contributed by atoms with Crippen LogP contribution in [0.25, 0.3) is 11.3 Å². The second-order valence-corrected chi connectivity index (χ2v) is 10.8. The number of rotatable bonds is 7. The van der Waals surface area contributed by atoms with Crippen LogP contribution in [0.5, 0.6) is 0 Å². The van der Waals surface area contributed by atoms with Gasteiger partial charge in [-0.15, -0.1) is 0 Å². The molecule has 3 heterocycles. The van der Waals surface area contributed by atoms with Gasteiger partial charge in [-0.05, 0) is 30.7 Å². The largest absolute Gasteiger partial charge is 0.506 e. The van der Waals surface area contributed by atoms with Crippen molar-refractivity contribution in [3.63, 3.8) is 0 Å². The van der Waals surface area contributed by atoms with E-state index < -0.39 is 24.0 Å². The maximum atomic E-state index is 13.2. The average molecular weight is 586 g/mol. The molecule has 2 aliphatic heterocycles. The van der Waals surface area contributed by atoms with Crippen molar-refractivity contribution in [3.05, 3.63) is 70.9 Å². The molecule has 0 saturated carbocycles. The zero-order chi connectivity index (χ0) is 30.0. The lowest BCUT2D eigenvalue weighted by Crippen LogP contribution is -2.50. The summed E-state index contributed by atoms with van der Waals surface area (Å²) < 4.78 is 46.5. The number of anilines is 1. The van der Waals surface area contributed by atoms with Crippen LogP contribution in [0.4, 0.5) is 23.7 Å². The number of aryl methyl sites for hydroxylation is 1. The minimum Gasteiger partial charge on any atom is -0.450 e. The van der Waals surface area contributed by atoms with Gasteiger partial charge < -0.3 is 19.6 Å². The Morgan fingerprint density at radius 2 is 1.69 bits per heavy atom. The van der Waals surface area contributed by atoms with E-state index >= 15 is 0 Å². The Kier molecular flexibility index (Phi) is 8.44. The monoisotopic (exact) mass is 585 g/mol. The maximum Gasteiger partial charge on any atom is 0.506 e. The Labute approximate surface area is 242 Å². The second-order valence-electron chi connectivity index (χ2n) is 10.8. The molecule has 2 aliphatic rings. The summed E-state index contributed by atoms with van der Waals surface area (Å²) in [7, 11) is 0. The van der Waals surface area contributed by atoms with E-state index in [1.54, 1.807) is 9.58 Å². The van der Waals surface area contributed by atoms with E-state index in [1.807, 2.05) is 12.1 Å². The summed E-state index contributed by atoms with van der Waals surface area (Å²) in [6, 6.07) is 13.0. The molecule has 42 heavy (non-hydrogen) atoms. The fraction of sp³-hybridized carbons (Fsp3) is 0.433. The molecule has 9 nitrogen and oxygen atoms in total. The van der Waals surface area contributed by atoms with Gasteiger partial charge in [0.05, 0.1) is 17.8 Å². The van der Waals surface area contributed by atoms with Crippen molar-refractivity contribution in [2.45, 2.75) is 45.6 Å². The number of hydrogen-bond acceptors (Lipinski definition) is 6. The molecular weight excluding hydrogens is 551 g/mol. The smallest absolute Gasteiger partial charge is 0.450 e. The van der Waals surface area contributed by atoms with Gasteiger partial charge in [0.2, 0.25) is 5.91 Å². The van der Waals surface area contributed by atoms with E-state index in [0.717, 1.165) is 49.6 Å². The summed E-state index contributed by atoms with van der Waals surface area (Å²) in [5, 5.41) is 14.3. The van der Waals surface area contributed by atoms with Crippen LogP contribution in [-0.2, 0) is 35.2 Å². The van der Waals surface area contributed by atoms with Crippen molar-refractivity contribution in [2.75, 3.05) is 44.2 Å². The van der Waals surface area contributed by atoms with Gasteiger partial charge in [-0.2, -0.15) is 18.3 Å². The highest BCUT2D eigenvalue weighted by Crippen LogP contribution is 2.34. The number of carbonyl (C=O) groups is 2. The van der Waals surface area contributed by atoms with Crippen LogP contribution in [-0.4, -0.2) is 82.1 Å². The Hall–Kier alpha value is -4.06. The number of amides is 1. The van der Waals surface area contributed by atoms with Crippen molar-refractivity contribution in [1.82, 2.24) is 19.6 Å². The average Bonchev–Trinajstić information content (AvgIpc) is 3.30. The van der Waals surface area contributed by atoms with Crippen LogP contribution >= 0.6 is 0 Å². The van der Waals surface area contributed by atoms with Crippen LogP contribution in [0.15, 0.2) is 48.5 Å². The first kappa shape index (κ1) is 29.4. The highest BCUT2D eigenvalue weighted by molar-refractivity contribution is 5.74. The Morgan fingerprint density at radius 1 is 1.00 bits per heavy atom. The van der Waals surface area contributed by atoms with Crippen molar-refractivity contribution in [2.24, 2.45) is 0 Å². The first-order chi connectivity index (χ1) is 20.0. The molecule has 1 saturated heterocycles. The number of ether oxygens (including phenoxy) is 1. The fourth-order valence-electron chi connectivity index (χ4n) is 5.80. The number of benzene rings is 2. The number of halogens is 3. The van der Waals surface area contributed by atoms with E-state index in [1.165, 1.54) is 30.3 Å². The van der Waals surface area contributed by atoms with Crippen LogP contribution in [0.1, 0.15) is 29.3 Å². The van der Waals surface area contributed by atoms with Crippen LogP contribution < -0.4 is 4.90 Å². The molecule has 224 valence electrons. The summed E-state index contributed by atoms with van der Waals surface area (Å²) in [5.41, 5.74) is 4.17. The predicted molar refractivity (Wildman–Crippen MR) is 150 cm³/mol. The van der Waals surface area contributed by atoms with Crippen molar-refractivity contribution >= 4 is 17.7 Å². The molecule has 1 fully saturated rings. The Balaban J connectivity index is 1.37. The molecule has 0 spiro atoms. The highest BCUT2D eigenvalue weighted by atomic mass is 19.4. The number of alkyl halides is 3. The standard InChI is InChI=1S/C30H34F3N5O4/c1-20-5-3-4-6-26(20)36-15-13-35(14-16-36)17-24(42-29(40)41)18-38-27-11-12-37(21(2)39)19-25(27)28(34-38)22-7-9-23(10-8-22)30(31,32)33/h3-10,24H,11-19H2,1-2H3,(H,40,41). The van der Waals surface area contributed by atoms with Gasteiger partial charge in [-0.1, -0.05) is 30.3 Å². The molecule has 1 aromatic heterocycles. The molecule has 3 aromatic rings. The van der Waals surface area contributed by atoms with Crippen molar-refractivity contribution in [3.8, 4) is 11.3 Å². The lowest BCUT2D eigenvalue weighted by Gasteiger charge is -2.38. The van der Waals surface area contributed by atoms with E-state index in [-0.39, 0.29) is 19.0 Å². The van der Waals surface area contributed by atoms with Crippen LogP contribution in [0.2, 0.25) is 0 Å². The number of carboxylic acid groups (broad SMARTS) is 1. The molecular formula is C30H34F3N5O4. The number of fused-ring (bicyclic) bond motifs is 1. The lowest BCUT2D eigenvalue weighted by atomic mass is 10.00. The fourth-order valence-corrected chi connectivity index (χ4v) is 5.80. The minimum atomic E-state index is -4.46. The summed E-state index contributed by atoms with van der Waals surface area (Å²) in [4.78, 5) is 30.0. The lowest BCUT2D eigenvalue weighted by molar-refractivity contribution is -0.137. The number of nitrogens with zero attached hydrogens (tertiary/aromatic N) is 5. The van der Waals surface area contributed by atoms with E-state index in [4.69, 9.17) is 9.84 Å². The highest BCUT2D eigenvalue weighted by Gasteiger charge is 2.32. The number of carbonyl (C=O) groups excluding carboxylic acids is 1. The molecule has 1 amide bonds. The third-order valence-corrected chi connectivity index (χ3v) is 8.00. The SMILES string of the molecule is CC(=O)N1CCc2c(c(-c3ccc(C(F)(F)F)cc3)nn2CC(CN2CCN(c3ccccc3C)CC2)OC(=O)O)C1. The zero-order valence-corrected chi connectivity index (χ0v) is 23.6. The molecule has 1 unspecified atom stereocenters. The molecule has 5 rings (SSSR count). The molecule has 1 atom stereocenters. The van der Waals surface area contributed by atoms with Gasteiger partial charge in [-0.25, -0.2) is 4.79 Å². The first-order valence-corrected chi connectivity index (χ1v) is 13.9. The van der Waals surface area contributed by atoms with Crippen LogP contribution in [0, 0.1) is 6.92 Å². The third kappa shape index (κ3) is 6.53. The molecule has 0 radical (unpaired) electrons. The number of hydrogen-bond donors (Lipinski definition) is 1. The maximum absolute atomic E-state index is 13.2. The van der Waals surface area contributed by atoms with Gasteiger partial charge in [0.15, 0.2) is 0 Å². The zero-order valence-electron chi connectivity index (χ0n) is 23.6. The quantitative estimate of drug-likeness (QED) is 0.403. The van der Waals surface area contributed by atoms with Crippen molar-refractivity contribution in [1.29, 1.82) is 0 Å². The van der Waals surface area contributed by atoms with Crippen molar-refractivity contribution < 1.29 is 32.6 Å². The normalized spacial score (nSPS) is 16.7. The first-order valence-electron chi connectivity index (χ1n) is 13.9. The third-order valence-electron chi connectivity index (χ3n) is 8.00. The molecule has 2 aromatic carbocycles. The van der Waals surface area contributed by atoms with E-state index in [2.05, 4.69) is 28.9 Å². The molecule has 0 aliphatic carbocycles. The van der Waals surface area contributed by atoms with Gasteiger partial charge in [0, 0.05) is 81.7 Å². The topological polar surface area (TPSA) is 91.1 Å². The molecule has 12 heteroatoms. The van der Waals surface area contributed by atoms with E-state index in [9.17, 15) is 27.9 Å². The summed E-state index contributed by atoms with van der Waals surface area (Å²) in [5.74, 6) is -0.108. The summed E-state index contributed by atoms with van der Waals surface area (Å²) in [6.07, 6.45) is -6.08. The number of para-hydroxylation sites is 1. The summed E-state index contributed by atoms with van der Waals surface area (Å²) >= 11 is 0. The Morgan fingerprint density at radius 3 is 2.31 bits per heavy atom. The molecule has 1 N–H and O–H groups in total. The number of aromatic nitrogens is 2. The molecule has 0 bridgehead atoms. The Bertz CT molecular complexity index is 1430. The second kappa shape index (κ2) is 12.0. The van der Waals surface area contributed by atoms with Gasteiger partial charge in [-0.3, -0.25) is 14.4 Å². The van der Waals surface area contributed by atoms with Gasteiger partial charge in [0.25, 0.3) is 0 Å².